The number of hydrogen-bond acceptors (Lipinski definition) is 6. The van der Waals surface area contributed by atoms with Crippen molar-refractivity contribution >= 4 is 17.9 Å². The van der Waals surface area contributed by atoms with Crippen molar-refractivity contribution in [3.05, 3.63) is 0 Å². The van der Waals surface area contributed by atoms with Crippen molar-refractivity contribution in [3.63, 3.8) is 0 Å². The van der Waals surface area contributed by atoms with E-state index in [9.17, 15) is 9.59 Å². The second-order valence-corrected chi connectivity index (χ2v) is 7.53. The molecular formula is C15H27N3O5. The van der Waals surface area contributed by atoms with Crippen molar-refractivity contribution in [2.75, 3.05) is 19.6 Å². The van der Waals surface area contributed by atoms with E-state index in [1.165, 1.54) is 4.90 Å². The number of ether oxygens (including phenoxy) is 2. The predicted octanol–water partition coefficient (Wildman–Crippen LogP) is 2.21. The van der Waals surface area contributed by atoms with Crippen LogP contribution in [0.1, 0.15) is 41.5 Å². The van der Waals surface area contributed by atoms with Crippen molar-refractivity contribution in [2.24, 2.45) is 11.1 Å². The summed E-state index contributed by atoms with van der Waals surface area (Å²) in [7, 11) is 0. The highest BCUT2D eigenvalue weighted by Crippen LogP contribution is 2.18. The van der Waals surface area contributed by atoms with Gasteiger partial charge in [0.15, 0.2) is 0 Å². The Kier molecular flexibility index (Phi) is 5.85. The molecule has 1 aliphatic heterocycles. The van der Waals surface area contributed by atoms with E-state index < -0.39 is 23.4 Å². The lowest BCUT2D eigenvalue weighted by Gasteiger charge is -2.24. The second-order valence-electron chi connectivity index (χ2n) is 7.53. The zero-order valence-corrected chi connectivity index (χ0v) is 14.7. The van der Waals surface area contributed by atoms with Crippen LogP contribution in [0.5, 0.6) is 0 Å². The number of carbonyl (C=O) groups is 2. The van der Waals surface area contributed by atoms with E-state index in [4.69, 9.17) is 14.7 Å². The number of nitrogens with zero attached hydrogens (tertiary/aromatic N) is 2. The van der Waals surface area contributed by atoms with Crippen LogP contribution >= 0.6 is 0 Å². The Bertz CT molecular complexity index is 476. The van der Waals surface area contributed by atoms with Crippen LogP contribution in [-0.2, 0) is 9.47 Å². The average Bonchev–Trinajstić information content (AvgIpc) is 2.75. The molecule has 0 aliphatic carbocycles. The lowest BCUT2D eigenvalue weighted by Crippen LogP contribution is -2.38. The molecule has 1 rings (SSSR count). The van der Waals surface area contributed by atoms with Crippen LogP contribution in [0.15, 0.2) is 5.16 Å². The number of likely N-dealkylation sites (tertiary alicyclic amines) is 1. The highest BCUT2D eigenvalue weighted by Gasteiger charge is 2.35. The van der Waals surface area contributed by atoms with Crippen LogP contribution in [0.4, 0.5) is 9.59 Å². The molecule has 1 atom stereocenters. The Morgan fingerprint density at radius 2 is 1.78 bits per heavy atom. The molecule has 0 aromatic heterocycles. The van der Waals surface area contributed by atoms with E-state index in [1.54, 1.807) is 41.5 Å². The molecule has 0 spiro atoms. The molecule has 2 amide bonds. The normalized spacial score (nSPS) is 20.5. The summed E-state index contributed by atoms with van der Waals surface area (Å²) in [5.74, 6) is -0.278. The van der Waals surface area contributed by atoms with Gasteiger partial charge in [-0.15, -0.1) is 0 Å². The van der Waals surface area contributed by atoms with Crippen LogP contribution in [0.3, 0.4) is 0 Å². The molecule has 1 unspecified atom stereocenters. The van der Waals surface area contributed by atoms with Crippen molar-refractivity contribution < 1.29 is 24.3 Å². The summed E-state index contributed by atoms with van der Waals surface area (Å²) in [5, 5.41) is 14.9. The van der Waals surface area contributed by atoms with Gasteiger partial charge in [0.1, 0.15) is 11.2 Å². The lowest BCUT2D eigenvalue weighted by molar-refractivity contribution is 0.0292. The monoisotopic (exact) mass is 329 g/mol. The summed E-state index contributed by atoms with van der Waals surface area (Å²) in [6.45, 7) is 11.4. The fraction of sp³-hybridized carbons (Fsp3) is 0.800. The van der Waals surface area contributed by atoms with E-state index in [2.05, 4.69) is 10.5 Å². The van der Waals surface area contributed by atoms with E-state index in [0.29, 0.717) is 12.3 Å². The molecule has 132 valence electrons. The van der Waals surface area contributed by atoms with Crippen molar-refractivity contribution in [2.45, 2.75) is 52.7 Å². The smallest absolute Gasteiger partial charge is 0.410 e. The number of carbonyl (C=O) groups excluding carboxylic acids is 2. The molecule has 1 aliphatic rings. The molecular weight excluding hydrogens is 302 g/mol. The van der Waals surface area contributed by atoms with Gasteiger partial charge in [-0.3, -0.25) is 0 Å². The van der Waals surface area contributed by atoms with Crippen molar-refractivity contribution in [3.8, 4) is 0 Å². The zero-order valence-electron chi connectivity index (χ0n) is 14.7. The highest BCUT2D eigenvalue weighted by atomic mass is 16.6. The zero-order chi connectivity index (χ0) is 17.8. The summed E-state index contributed by atoms with van der Waals surface area (Å²) >= 11 is 0. The summed E-state index contributed by atoms with van der Waals surface area (Å²) < 4.78 is 10.4. The van der Waals surface area contributed by atoms with Gasteiger partial charge in [-0.1, -0.05) is 5.16 Å². The molecule has 0 bridgehead atoms. The van der Waals surface area contributed by atoms with Gasteiger partial charge in [-0.25, -0.2) is 9.59 Å². The number of nitrogens with one attached hydrogen (secondary N) is 1. The number of alkyl carbamates (subject to hydrolysis) is 1. The average molecular weight is 329 g/mol. The predicted molar refractivity (Wildman–Crippen MR) is 84.8 cm³/mol. The summed E-state index contributed by atoms with van der Waals surface area (Å²) in [4.78, 5) is 25.2. The third-order valence-corrected chi connectivity index (χ3v) is 2.94. The molecule has 0 radical (unpaired) electrons. The van der Waals surface area contributed by atoms with Gasteiger partial charge >= 0.3 is 12.2 Å². The number of amides is 2. The van der Waals surface area contributed by atoms with Gasteiger partial charge in [0, 0.05) is 19.0 Å². The van der Waals surface area contributed by atoms with Crippen LogP contribution in [0.2, 0.25) is 0 Å². The minimum atomic E-state index is -0.597. The van der Waals surface area contributed by atoms with Gasteiger partial charge in [-0.05, 0) is 41.5 Å². The molecule has 1 heterocycles. The minimum absolute atomic E-state index is 0.173. The van der Waals surface area contributed by atoms with E-state index >= 15 is 0 Å². The quantitative estimate of drug-likeness (QED) is 0.597. The van der Waals surface area contributed by atoms with E-state index in [1.807, 2.05) is 0 Å². The minimum Gasteiger partial charge on any atom is -0.444 e. The highest BCUT2D eigenvalue weighted by molar-refractivity contribution is 5.94. The fourth-order valence-electron chi connectivity index (χ4n) is 2.04. The maximum absolute atomic E-state index is 12.0. The second kappa shape index (κ2) is 7.06. The number of hydrogen-bond donors (Lipinski definition) is 2. The molecule has 0 saturated carbocycles. The third-order valence-electron chi connectivity index (χ3n) is 2.94. The van der Waals surface area contributed by atoms with E-state index in [0.717, 1.165) is 0 Å². The Balaban J connectivity index is 2.57. The Labute approximate surface area is 136 Å². The molecule has 8 heteroatoms. The van der Waals surface area contributed by atoms with Gasteiger partial charge in [0.2, 0.25) is 0 Å². The molecule has 0 aromatic carbocycles. The summed E-state index contributed by atoms with van der Waals surface area (Å²) in [6.07, 6.45) is -1.02. The summed E-state index contributed by atoms with van der Waals surface area (Å²) in [6, 6.07) is 0. The van der Waals surface area contributed by atoms with Crippen LogP contribution in [0, 0.1) is 5.92 Å². The van der Waals surface area contributed by atoms with Crippen molar-refractivity contribution in [1.82, 2.24) is 10.2 Å². The maximum atomic E-state index is 12.0. The SMILES string of the molecule is CC(C)(C)OC(=O)NCC1CN(C(=O)OC(C)(C)C)CC1=NO. The molecule has 8 nitrogen and oxygen atoms in total. The van der Waals surface area contributed by atoms with Crippen molar-refractivity contribution in [1.29, 1.82) is 0 Å². The maximum Gasteiger partial charge on any atom is 0.410 e. The molecule has 1 fully saturated rings. The van der Waals surface area contributed by atoms with Crippen LogP contribution in [0.25, 0.3) is 0 Å². The largest absolute Gasteiger partial charge is 0.444 e. The van der Waals surface area contributed by atoms with Crippen LogP contribution < -0.4 is 5.32 Å². The molecule has 0 aromatic rings. The molecule has 2 N–H and O–H groups in total. The Morgan fingerprint density at radius 1 is 1.22 bits per heavy atom. The number of oxime groups is 1. The van der Waals surface area contributed by atoms with Gasteiger partial charge in [0.05, 0.1) is 12.3 Å². The standard InChI is InChI=1S/C15H27N3O5/c1-14(2,3)22-12(19)16-7-10-8-18(9-11(10)17-21)13(20)23-15(4,5)6/h10,21H,7-9H2,1-6H3,(H,16,19). The Hall–Kier alpha value is -1.99. The number of rotatable bonds is 2. The third kappa shape index (κ3) is 6.75. The van der Waals surface area contributed by atoms with Gasteiger partial charge < -0.3 is 24.9 Å². The Morgan fingerprint density at radius 3 is 2.26 bits per heavy atom. The lowest BCUT2D eigenvalue weighted by atomic mass is 10.1. The van der Waals surface area contributed by atoms with Gasteiger partial charge in [-0.2, -0.15) is 0 Å². The summed E-state index contributed by atoms with van der Waals surface area (Å²) in [5.41, 5.74) is -0.761. The fourth-order valence-corrected chi connectivity index (χ4v) is 2.04. The first-order chi connectivity index (χ1) is 10.4. The first-order valence-electron chi connectivity index (χ1n) is 7.57. The molecule has 23 heavy (non-hydrogen) atoms. The van der Waals surface area contributed by atoms with E-state index in [-0.39, 0.29) is 19.0 Å². The molecule has 1 saturated heterocycles. The van der Waals surface area contributed by atoms with Crippen LogP contribution in [-0.4, -0.2) is 58.8 Å². The first-order valence-corrected chi connectivity index (χ1v) is 7.57. The van der Waals surface area contributed by atoms with Gasteiger partial charge in [0.25, 0.3) is 0 Å². The topological polar surface area (TPSA) is 100 Å². The first kappa shape index (κ1) is 19.1.